The smallest absolute Gasteiger partial charge is 0.247 e. The van der Waals surface area contributed by atoms with E-state index in [0.29, 0.717) is 5.69 Å². The summed E-state index contributed by atoms with van der Waals surface area (Å²) in [6.45, 7) is 3.47. The van der Waals surface area contributed by atoms with Crippen LogP contribution in [-0.4, -0.2) is 10.9 Å². The Labute approximate surface area is 128 Å². The Morgan fingerprint density at radius 1 is 1.18 bits per heavy atom. The molecule has 0 bridgehead atoms. The molecule has 0 aliphatic rings. The first-order valence-corrected chi connectivity index (χ1v) is 6.86. The number of amides is 1. The summed E-state index contributed by atoms with van der Waals surface area (Å²) < 4.78 is 0. The van der Waals surface area contributed by atoms with E-state index in [0.717, 1.165) is 27.7 Å². The number of nitrogens with two attached hydrogens (primary N) is 1. The molecule has 0 aliphatic carbocycles. The van der Waals surface area contributed by atoms with Crippen LogP contribution in [0.25, 0.3) is 22.0 Å². The van der Waals surface area contributed by atoms with Crippen molar-refractivity contribution in [2.75, 3.05) is 11.1 Å². The normalized spacial score (nSPS) is 10.4. The zero-order chi connectivity index (χ0) is 15.5. The van der Waals surface area contributed by atoms with Crippen LogP contribution >= 0.6 is 0 Å². The summed E-state index contributed by atoms with van der Waals surface area (Å²) in [6, 6.07) is 15.3. The number of carbonyl (C=O) groups is 1. The van der Waals surface area contributed by atoms with Gasteiger partial charge >= 0.3 is 0 Å². The van der Waals surface area contributed by atoms with Crippen molar-refractivity contribution in [3.63, 3.8) is 0 Å². The summed E-state index contributed by atoms with van der Waals surface area (Å²) in [7, 11) is 0. The minimum atomic E-state index is -0.241. The van der Waals surface area contributed by atoms with Gasteiger partial charge in [-0.2, -0.15) is 0 Å². The van der Waals surface area contributed by atoms with Gasteiger partial charge in [0.1, 0.15) is 0 Å². The van der Waals surface area contributed by atoms with Crippen molar-refractivity contribution < 1.29 is 4.79 Å². The standard InChI is InChI=1S/C18H15N3O/c1-2-18(22)21-17-6-4-3-5-13(17)12-7-8-16-14(11-12)15(19)9-10-20-16/h2-11H,1H2,(H2,19,20)(H,21,22). The number of para-hydroxylation sites is 1. The number of nitrogens with zero attached hydrogens (tertiary/aromatic N) is 1. The van der Waals surface area contributed by atoms with Crippen molar-refractivity contribution in [3.05, 3.63) is 67.4 Å². The number of carbonyl (C=O) groups excluding carboxylic acids is 1. The van der Waals surface area contributed by atoms with Crippen molar-refractivity contribution in [1.82, 2.24) is 4.98 Å². The minimum Gasteiger partial charge on any atom is -0.398 e. The monoisotopic (exact) mass is 289 g/mol. The number of rotatable bonds is 3. The summed E-state index contributed by atoms with van der Waals surface area (Å²) >= 11 is 0. The molecular formula is C18H15N3O. The largest absolute Gasteiger partial charge is 0.398 e. The molecule has 1 amide bonds. The highest BCUT2D eigenvalue weighted by Crippen LogP contribution is 2.31. The fourth-order valence-corrected chi connectivity index (χ4v) is 2.36. The van der Waals surface area contributed by atoms with E-state index >= 15 is 0 Å². The quantitative estimate of drug-likeness (QED) is 0.724. The first-order chi connectivity index (χ1) is 10.7. The van der Waals surface area contributed by atoms with Gasteiger partial charge in [-0.1, -0.05) is 30.8 Å². The molecule has 22 heavy (non-hydrogen) atoms. The molecule has 108 valence electrons. The van der Waals surface area contributed by atoms with Gasteiger partial charge < -0.3 is 11.1 Å². The molecule has 4 heteroatoms. The number of aromatic nitrogens is 1. The lowest BCUT2D eigenvalue weighted by atomic mass is 10.0. The van der Waals surface area contributed by atoms with Crippen LogP contribution in [0.15, 0.2) is 67.4 Å². The van der Waals surface area contributed by atoms with E-state index in [4.69, 9.17) is 5.73 Å². The average Bonchev–Trinajstić information content (AvgIpc) is 2.55. The number of fused-ring (bicyclic) bond motifs is 1. The molecule has 0 saturated heterocycles. The number of nitrogen functional groups attached to an aromatic ring is 1. The fraction of sp³-hybridized carbons (Fsp3) is 0. The average molecular weight is 289 g/mol. The number of hydrogen-bond acceptors (Lipinski definition) is 3. The second kappa shape index (κ2) is 5.69. The van der Waals surface area contributed by atoms with Crippen LogP contribution in [-0.2, 0) is 4.79 Å². The van der Waals surface area contributed by atoms with E-state index in [2.05, 4.69) is 16.9 Å². The van der Waals surface area contributed by atoms with E-state index in [1.165, 1.54) is 6.08 Å². The van der Waals surface area contributed by atoms with E-state index in [9.17, 15) is 4.79 Å². The number of hydrogen-bond donors (Lipinski definition) is 2. The van der Waals surface area contributed by atoms with Crippen LogP contribution in [0.4, 0.5) is 11.4 Å². The number of nitrogens with one attached hydrogen (secondary N) is 1. The third kappa shape index (κ3) is 2.54. The second-order valence-electron chi connectivity index (χ2n) is 4.87. The summed E-state index contributed by atoms with van der Waals surface area (Å²) in [5.41, 5.74) is 10.2. The van der Waals surface area contributed by atoms with Gasteiger partial charge in [0.15, 0.2) is 0 Å². The van der Waals surface area contributed by atoms with Gasteiger partial charge in [-0.05, 0) is 35.9 Å². The Kier molecular flexibility index (Phi) is 3.58. The van der Waals surface area contributed by atoms with Gasteiger partial charge in [0.25, 0.3) is 0 Å². The van der Waals surface area contributed by atoms with Crippen LogP contribution in [0.5, 0.6) is 0 Å². The molecule has 0 radical (unpaired) electrons. The topological polar surface area (TPSA) is 68.0 Å². The van der Waals surface area contributed by atoms with Gasteiger partial charge in [0, 0.05) is 28.5 Å². The molecule has 0 aliphatic heterocycles. The Hall–Kier alpha value is -3.14. The second-order valence-corrected chi connectivity index (χ2v) is 4.87. The highest BCUT2D eigenvalue weighted by Gasteiger charge is 2.08. The zero-order valence-corrected chi connectivity index (χ0v) is 11.9. The van der Waals surface area contributed by atoms with Crippen molar-refractivity contribution >= 4 is 28.2 Å². The van der Waals surface area contributed by atoms with Crippen LogP contribution in [0, 0.1) is 0 Å². The van der Waals surface area contributed by atoms with E-state index in [1.807, 2.05) is 42.5 Å². The Morgan fingerprint density at radius 2 is 2.00 bits per heavy atom. The van der Waals surface area contributed by atoms with Crippen molar-refractivity contribution in [2.24, 2.45) is 0 Å². The Balaban J connectivity index is 2.13. The Morgan fingerprint density at radius 3 is 2.82 bits per heavy atom. The molecule has 3 aromatic rings. The molecule has 0 atom stereocenters. The molecule has 3 rings (SSSR count). The zero-order valence-electron chi connectivity index (χ0n) is 11.9. The molecule has 0 unspecified atom stereocenters. The maximum atomic E-state index is 11.6. The van der Waals surface area contributed by atoms with Crippen molar-refractivity contribution in [3.8, 4) is 11.1 Å². The van der Waals surface area contributed by atoms with Crippen LogP contribution < -0.4 is 11.1 Å². The van der Waals surface area contributed by atoms with Crippen LogP contribution in [0.3, 0.4) is 0 Å². The van der Waals surface area contributed by atoms with Crippen LogP contribution in [0.1, 0.15) is 0 Å². The summed E-state index contributed by atoms with van der Waals surface area (Å²) in [4.78, 5) is 15.9. The molecule has 2 aromatic carbocycles. The highest BCUT2D eigenvalue weighted by atomic mass is 16.1. The highest BCUT2D eigenvalue weighted by molar-refractivity contribution is 6.02. The van der Waals surface area contributed by atoms with Gasteiger partial charge in [-0.25, -0.2) is 0 Å². The lowest BCUT2D eigenvalue weighted by molar-refractivity contribution is -0.111. The lowest BCUT2D eigenvalue weighted by Gasteiger charge is -2.11. The first-order valence-electron chi connectivity index (χ1n) is 6.86. The fourth-order valence-electron chi connectivity index (χ4n) is 2.36. The predicted octanol–water partition coefficient (Wildman–Crippen LogP) is 3.61. The SMILES string of the molecule is C=CC(=O)Nc1ccccc1-c1ccc2nccc(N)c2c1. The van der Waals surface area contributed by atoms with Crippen molar-refractivity contribution in [2.45, 2.75) is 0 Å². The predicted molar refractivity (Wildman–Crippen MR) is 90.4 cm³/mol. The Bertz CT molecular complexity index is 871. The summed E-state index contributed by atoms with van der Waals surface area (Å²) in [5, 5.41) is 3.71. The third-order valence-electron chi connectivity index (χ3n) is 3.46. The molecule has 1 aromatic heterocycles. The van der Waals surface area contributed by atoms with Crippen molar-refractivity contribution in [1.29, 1.82) is 0 Å². The maximum Gasteiger partial charge on any atom is 0.247 e. The number of benzene rings is 2. The van der Waals surface area contributed by atoms with Gasteiger partial charge in [-0.3, -0.25) is 9.78 Å². The number of anilines is 2. The molecular weight excluding hydrogens is 274 g/mol. The van der Waals surface area contributed by atoms with Crippen LogP contribution in [0.2, 0.25) is 0 Å². The third-order valence-corrected chi connectivity index (χ3v) is 3.46. The summed E-state index contributed by atoms with van der Waals surface area (Å²) in [6.07, 6.45) is 2.94. The number of pyridine rings is 1. The molecule has 0 saturated carbocycles. The van der Waals surface area contributed by atoms with E-state index < -0.39 is 0 Å². The first kappa shape index (κ1) is 13.8. The molecule has 0 spiro atoms. The van der Waals surface area contributed by atoms with Gasteiger partial charge in [0.05, 0.1) is 5.52 Å². The molecule has 1 heterocycles. The maximum absolute atomic E-state index is 11.6. The molecule has 3 N–H and O–H groups in total. The molecule has 0 fully saturated rings. The van der Waals surface area contributed by atoms with Gasteiger partial charge in [-0.15, -0.1) is 0 Å². The minimum absolute atomic E-state index is 0.241. The van der Waals surface area contributed by atoms with E-state index in [-0.39, 0.29) is 5.91 Å². The van der Waals surface area contributed by atoms with E-state index in [1.54, 1.807) is 12.3 Å². The summed E-state index contributed by atoms with van der Waals surface area (Å²) in [5.74, 6) is -0.241. The van der Waals surface area contributed by atoms with Gasteiger partial charge in [0.2, 0.25) is 5.91 Å². The molecule has 4 nitrogen and oxygen atoms in total. The lowest BCUT2D eigenvalue weighted by Crippen LogP contribution is -2.08.